The molecular weight excluding hydrogens is 264 g/mol. The highest BCUT2D eigenvalue weighted by Gasteiger charge is 2.31. The van der Waals surface area contributed by atoms with E-state index in [-0.39, 0.29) is 17.7 Å². The largest absolute Gasteiger partial charge is 0.481 e. The van der Waals surface area contributed by atoms with E-state index in [0.29, 0.717) is 12.8 Å². The van der Waals surface area contributed by atoms with Gasteiger partial charge in [-0.3, -0.25) is 9.59 Å². The molecule has 1 amide bonds. The first kappa shape index (κ1) is 14.4. The van der Waals surface area contributed by atoms with E-state index >= 15 is 0 Å². The lowest BCUT2D eigenvalue weighted by Gasteiger charge is -2.22. The molecule has 1 fully saturated rings. The molecule has 0 aliphatic heterocycles. The first-order valence-corrected chi connectivity index (χ1v) is 6.66. The Labute approximate surface area is 116 Å². The quantitative estimate of drug-likeness (QED) is 0.810. The normalized spacial score (nSPS) is 22.9. The lowest BCUT2D eigenvalue weighted by atomic mass is 9.95. The third-order valence-corrected chi connectivity index (χ3v) is 3.57. The molecule has 7 heteroatoms. The monoisotopic (exact) mass is 282 g/mol. The van der Waals surface area contributed by atoms with Gasteiger partial charge in [-0.25, -0.2) is 0 Å². The van der Waals surface area contributed by atoms with Gasteiger partial charge in [0.2, 0.25) is 5.76 Å². The number of aliphatic carboxylic acids is 1. The predicted octanol–water partition coefficient (Wildman–Crippen LogP) is 1.45. The molecule has 0 aromatic carbocycles. The number of nitrogens with one attached hydrogen (secondary N) is 1. The minimum absolute atomic E-state index is 0.0234. The molecule has 0 saturated heterocycles. The molecular formula is C13H18N2O5. The van der Waals surface area contributed by atoms with Crippen LogP contribution in [0.5, 0.6) is 5.88 Å². The minimum Gasteiger partial charge on any atom is -0.481 e. The van der Waals surface area contributed by atoms with Gasteiger partial charge in [0.15, 0.2) is 0 Å². The summed E-state index contributed by atoms with van der Waals surface area (Å²) in [5, 5.41) is 15.5. The summed E-state index contributed by atoms with van der Waals surface area (Å²) in [5.74, 6) is -1.64. The number of carboxylic acid groups (broad SMARTS) is 1. The van der Waals surface area contributed by atoms with Gasteiger partial charge in [-0.05, 0) is 18.0 Å². The molecule has 0 radical (unpaired) electrons. The average Bonchev–Trinajstić information content (AvgIpc) is 2.79. The summed E-state index contributed by atoms with van der Waals surface area (Å²) in [4.78, 5) is 23.3. The van der Waals surface area contributed by atoms with Crippen molar-refractivity contribution in [2.24, 2.45) is 5.92 Å². The van der Waals surface area contributed by atoms with Crippen LogP contribution in [0.4, 0.5) is 0 Å². The van der Waals surface area contributed by atoms with Crippen molar-refractivity contribution < 1.29 is 24.0 Å². The van der Waals surface area contributed by atoms with E-state index in [1.165, 1.54) is 13.2 Å². The molecule has 7 nitrogen and oxygen atoms in total. The minimum atomic E-state index is -0.868. The zero-order valence-electron chi connectivity index (χ0n) is 11.3. The van der Waals surface area contributed by atoms with Gasteiger partial charge < -0.3 is 19.7 Å². The first-order chi connectivity index (χ1) is 9.61. The molecule has 1 aromatic rings. The molecule has 1 aromatic heterocycles. The zero-order valence-corrected chi connectivity index (χ0v) is 11.3. The van der Waals surface area contributed by atoms with E-state index in [4.69, 9.17) is 9.26 Å². The molecule has 0 unspecified atom stereocenters. The van der Waals surface area contributed by atoms with Crippen LogP contribution in [0.1, 0.15) is 42.7 Å². The van der Waals surface area contributed by atoms with E-state index in [1.807, 2.05) is 0 Å². The van der Waals surface area contributed by atoms with E-state index < -0.39 is 17.8 Å². The Kier molecular flexibility index (Phi) is 4.60. The van der Waals surface area contributed by atoms with Crippen LogP contribution in [-0.2, 0) is 4.79 Å². The van der Waals surface area contributed by atoms with Crippen molar-refractivity contribution in [2.75, 3.05) is 7.11 Å². The van der Waals surface area contributed by atoms with E-state index in [0.717, 1.165) is 19.3 Å². The fourth-order valence-electron chi connectivity index (χ4n) is 2.48. The highest BCUT2D eigenvalue weighted by molar-refractivity contribution is 5.92. The Hall–Kier alpha value is -2.05. The number of hydrogen-bond donors (Lipinski definition) is 2. The van der Waals surface area contributed by atoms with Crippen LogP contribution in [0.2, 0.25) is 0 Å². The summed E-state index contributed by atoms with van der Waals surface area (Å²) in [6, 6.07) is 1.00. The van der Waals surface area contributed by atoms with Gasteiger partial charge in [-0.2, -0.15) is 0 Å². The van der Waals surface area contributed by atoms with Gasteiger partial charge in [0.1, 0.15) is 0 Å². The van der Waals surface area contributed by atoms with Crippen molar-refractivity contribution in [1.82, 2.24) is 10.5 Å². The van der Waals surface area contributed by atoms with E-state index in [2.05, 4.69) is 10.5 Å². The fourth-order valence-corrected chi connectivity index (χ4v) is 2.48. The van der Waals surface area contributed by atoms with Crippen LogP contribution in [0.3, 0.4) is 0 Å². The number of ether oxygens (including phenoxy) is 1. The van der Waals surface area contributed by atoms with Gasteiger partial charge in [0.25, 0.3) is 11.8 Å². The Morgan fingerprint density at radius 1 is 1.40 bits per heavy atom. The summed E-state index contributed by atoms with van der Waals surface area (Å²) in [6.07, 6.45) is 4.02. The van der Waals surface area contributed by atoms with Crippen molar-refractivity contribution in [3.05, 3.63) is 11.8 Å². The van der Waals surface area contributed by atoms with Gasteiger partial charge in [0.05, 0.1) is 19.1 Å². The van der Waals surface area contributed by atoms with Crippen LogP contribution in [0, 0.1) is 5.92 Å². The van der Waals surface area contributed by atoms with E-state index in [9.17, 15) is 14.7 Å². The molecule has 20 heavy (non-hydrogen) atoms. The van der Waals surface area contributed by atoms with Crippen molar-refractivity contribution >= 4 is 11.9 Å². The van der Waals surface area contributed by atoms with Crippen LogP contribution in [-0.4, -0.2) is 35.3 Å². The highest BCUT2D eigenvalue weighted by Crippen LogP contribution is 2.24. The lowest BCUT2D eigenvalue weighted by molar-refractivity contribution is -0.142. The van der Waals surface area contributed by atoms with Crippen molar-refractivity contribution in [1.29, 1.82) is 0 Å². The van der Waals surface area contributed by atoms with Crippen LogP contribution in [0.25, 0.3) is 0 Å². The van der Waals surface area contributed by atoms with Gasteiger partial charge in [0, 0.05) is 6.04 Å². The fraction of sp³-hybridized carbons (Fsp3) is 0.615. The Morgan fingerprint density at radius 2 is 2.15 bits per heavy atom. The van der Waals surface area contributed by atoms with Crippen LogP contribution >= 0.6 is 0 Å². The number of amides is 1. The molecule has 1 heterocycles. The molecule has 2 N–H and O–H groups in total. The lowest BCUT2D eigenvalue weighted by Crippen LogP contribution is -2.42. The number of hydrogen-bond acceptors (Lipinski definition) is 5. The maximum Gasteiger partial charge on any atom is 0.308 e. The van der Waals surface area contributed by atoms with Crippen LogP contribution in [0.15, 0.2) is 10.6 Å². The summed E-state index contributed by atoms with van der Waals surface area (Å²) in [5.41, 5.74) is 0. The Balaban J connectivity index is 2.05. The SMILES string of the molecule is COc1cc(C(=O)N[C@H]2CCCCC[C@H]2C(=O)O)on1. The summed E-state index contributed by atoms with van der Waals surface area (Å²) < 4.78 is 9.69. The topological polar surface area (TPSA) is 102 Å². The Morgan fingerprint density at radius 3 is 2.80 bits per heavy atom. The number of nitrogens with zero attached hydrogens (tertiary/aromatic N) is 1. The Bertz CT molecular complexity index is 485. The maximum absolute atomic E-state index is 12.0. The maximum atomic E-state index is 12.0. The van der Waals surface area contributed by atoms with Crippen LogP contribution < -0.4 is 10.1 Å². The smallest absolute Gasteiger partial charge is 0.308 e. The number of aromatic nitrogens is 1. The zero-order chi connectivity index (χ0) is 14.5. The highest BCUT2D eigenvalue weighted by atomic mass is 16.5. The second-order valence-corrected chi connectivity index (χ2v) is 4.90. The predicted molar refractivity (Wildman–Crippen MR) is 68.5 cm³/mol. The summed E-state index contributed by atoms with van der Waals surface area (Å²) in [6.45, 7) is 0. The standard InChI is InChI=1S/C13H18N2O5/c1-19-11-7-10(20-15-11)12(16)14-9-6-4-2-3-5-8(9)13(17)18/h7-9H,2-6H2,1H3,(H,14,16)(H,17,18)/t8-,9+/m1/s1. The number of carboxylic acids is 1. The van der Waals surface area contributed by atoms with Gasteiger partial charge in [-0.1, -0.05) is 19.3 Å². The van der Waals surface area contributed by atoms with Crippen molar-refractivity contribution in [3.63, 3.8) is 0 Å². The van der Waals surface area contributed by atoms with Gasteiger partial charge in [-0.15, -0.1) is 0 Å². The number of methoxy groups -OCH3 is 1. The molecule has 2 atom stereocenters. The molecule has 110 valence electrons. The number of rotatable bonds is 4. The number of carbonyl (C=O) groups is 2. The van der Waals surface area contributed by atoms with Crippen molar-refractivity contribution in [3.8, 4) is 5.88 Å². The molecule has 2 rings (SSSR count). The first-order valence-electron chi connectivity index (χ1n) is 6.66. The van der Waals surface area contributed by atoms with E-state index in [1.54, 1.807) is 0 Å². The second-order valence-electron chi connectivity index (χ2n) is 4.90. The number of carbonyl (C=O) groups excluding carboxylic acids is 1. The second kappa shape index (κ2) is 6.40. The molecule has 0 spiro atoms. The molecule has 0 bridgehead atoms. The van der Waals surface area contributed by atoms with Crippen molar-refractivity contribution in [2.45, 2.75) is 38.1 Å². The van der Waals surface area contributed by atoms with Gasteiger partial charge >= 0.3 is 5.97 Å². The molecule has 1 saturated carbocycles. The molecule has 1 aliphatic carbocycles. The summed E-state index contributed by atoms with van der Waals surface area (Å²) in [7, 11) is 1.42. The average molecular weight is 282 g/mol. The third kappa shape index (κ3) is 3.28. The third-order valence-electron chi connectivity index (χ3n) is 3.57. The summed E-state index contributed by atoms with van der Waals surface area (Å²) >= 11 is 0. The molecule has 1 aliphatic rings.